The molecule has 0 bridgehead atoms. The van der Waals surface area contributed by atoms with Crippen LogP contribution in [0.5, 0.6) is 0 Å². The van der Waals surface area contributed by atoms with Crippen molar-refractivity contribution in [1.29, 1.82) is 0 Å². The van der Waals surface area contributed by atoms with Crippen LogP contribution in [0.3, 0.4) is 0 Å². The van der Waals surface area contributed by atoms with Crippen LogP contribution in [0, 0.1) is 13.8 Å². The first-order chi connectivity index (χ1) is 5.15. The van der Waals surface area contributed by atoms with Gasteiger partial charge in [-0.3, -0.25) is 0 Å². The Labute approximate surface area is 79.2 Å². The van der Waals surface area contributed by atoms with Crippen molar-refractivity contribution in [2.24, 2.45) is 0 Å². The standard InChI is InChI=1S/C8H11BrOS/c1-5-3-7(6(2)11-5)8(10)4-9/h3,8,10H,4H2,1-2H3. The van der Waals surface area contributed by atoms with Crippen LogP contribution in [0.25, 0.3) is 0 Å². The van der Waals surface area contributed by atoms with E-state index < -0.39 is 0 Å². The molecule has 0 aliphatic carbocycles. The zero-order valence-corrected chi connectivity index (χ0v) is 9.00. The van der Waals surface area contributed by atoms with E-state index >= 15 is 0 Å². The van der Waals surface area contributed by atoms with Gasteiger partial charge in [0.25, 0.3) is 0 Å². The second kappa shape index (κ2) is 3.70. The highest BCUT2D eigenvalue weighted by Crippen LogP contribution is 2.26. The summed E-state index contributed by atoms with van der Waals surface area (Å²) in [4.78, 5) is 2.48. The Balaban J connectivity index is 2.93. The van der Waals surface area contributed by atoms with Crippen LogP contribution in [-0.2, 0) is 0 Å². The largest absolute Gasteiger partial charge is 0.388 e. The predicted molar refractivity (Wildman–Crippen MR) is 52.5 cm³/mol. The maximum atomic E-state index is 9.48. The molecule has 1 nitrogen and oxygen atoms in total. The van der Waals surface area contributed by atoms with Crippen LogP contribution in [0.2, 0.25) is 0 Å². The van der Waals surface area contributed by atoms with E-state index in [1.54, 1.807) is 11.3 Å². The minimum Gasteiger partial charge on any atom is -0.388 e. The lowest BCUT2D eigenvalue weighted by Crippen LogP contribution is -1.97. The fraction of sp³-hybridized carbons (Fsp3) is 0.500. The van der Waals surface area contributed by atoms with Crippen molar-refractivity contribution in [3.8, 4) is 0 Å². The topological polar surface area (TPSA) is 20.2 Å². The van der Waals surface area contributed by atoms with E-state index in [0.29, 0.717) is 5.33 Å². The van der Waals surface area contributed by atoms with E-state index in [0.717, 1.165) is 5.56 Å². The molecule has 0 radical (unpaired) electrons. The molecule has 1 rings (SSSR count). The lowest BCUT2D eigenvalue weighted by molar-refractivity contribution is 0.205. The third-order valence-corrected chi connectivity index (χ3v) is 3.18. The maximum absolute atomic E-state index is 9.48. The highest BCUT2D eigenvalue weighted by atomic mass is 79.9. The van der Waals surface area contributed by atoms with Gasteiger partial charge in [0.15, 0.2) is 0 Å². The molecule has 1 atom stereocenters. The quantitative estimate of drug-likeness (QED) is 0.781. The molecule has 11 heavy (non-hydrogen) atoms. The average Bonchev–Trinajstić information content (AvgIpc) is 2.28. The molecule has 0 spiro atoms. The summed E-state index contributed by atoms with van der Waals surface area (Å²) in [6.45, 7) is 4.10. The van der Waals surface area contributed by atoms with E-state index in [4.69, 9.17) is 0 Å². The van der Waals surface area contributed by atoms with Crippen LogP contribution in [0.15, 0.2) is 6.07 Å². The van der Waals surface area contributed by atoms with Crippen LogP contribution in [0.4, 0.5) is 0 Å². The van der Waals surface area contributed by atoms with Crippen molar-refractivity contribution in [3.63, 3.8) is 0 Å². The van der Waals surface area contributed by atoms with Gasteiger partial charge in [0.2, 0.25) is 0 Å². The summed E-state index contributed by atoms with van der Waals surface area (Å²) in [6.07, 6.45) is -0.347. The molecular formula is C8H11BrOS. The summed E-state index contributed by atoms with van der Waals surface area (Å²) in [7, 11) is 0. The van der Waals surface area contributed by atoms with Crippen molar-refractivity contribution in [2.75, 3.05) is 5.33 Å². The summed E-state index contributed by atoms with van der Waals surface area (Å²) in [5.41, 5.74) is 1.06. The van der Waals surface area contributed by atoms with Gasteiger partial charge in [-0.1, -0.05) is 15.9 Å². The molecule has 3 heteroatoms. The SMILES string of the molecule is Cc1cc(C(O)CBr)c(C)s1. The van der Waals surface area contributed by atoms with Crippen molar-refractivity contribution >= 4 is 27.3 Å². The van der Waals surface area contributed by atoms with Gasteiger partial charge in [-0.05, 0) is 25.5 Å². The lowest BCUT2D eigenvalue weighted by atomic mass is 10.1. The summed E-state index contributed by atoms with van der Waals surface area (Å²) in [6, 6.07) is 2.05. The highest BCUT2D eigenvalue weighted by Gasteiger charge is 2.10. The molecule has 0 aliphatic heterocycles. The summed E-state index contributed by atoms with van der Waals surface area (Å²) >= 11 is 4.98. The second-order valence-electron chi connectivity index (χ2n) is 2.54. The number of aliphatic hydroxyl groups excluding tert-OH is 1. The molecule has 0 saturated carbocycles. The zero-order chi connectivity index (χ0) is 8.43. The fourth-order valence-electron chi connectivity index (χ4n) is 1.06. The third kappa shape index (κ3) is 2.04. The zero-order valence-electron chi connectivity index (χ0n) is 6.60. The molecule has 1 heterocycles. The molecule has 0 fully saturated rings. The van der Waals surface area contributed by atoms with Gasteiger partial charge in [-0.25, -0.2) is 0 Å². The Kier molecular flexibility index (Phi) is 3.10. The molecule has 62 valence electrons. The van der Waals surface area contributed by atoms with Gasteiger partial charge in [0, 0.05) is 15.1 Å². The van der Waals surface area contributed by atoms with Crippen molar-refractivity contribution in [1.82, 2.24) is 0 Å². The predicted octanol–water partition coefficient (Wildman–Crippen LogP) is 2.79. The molecule has 1 N–H and O–H groups in total. The Hall–Kier alpha value is 0.140. The number of hydrogen-bond donors (Lipinski definition) is 1. The molecule has 0 amide bonds. The maximum Gasteiger partial charge on any atom is 0.0897 e. The van der Waals surface area contributed by atoms with Gasteiger partial charge < -0.3 is 5.11 Å². The van der Waals surface area contributed by atoms with Gasteiger partial charge >= 0.3 is 0 Å². The van der Waals surface area contributed by atoms with Crippen LogP contribution < -0.4 is 0 Å². The first-order valence-electron chi connectivity index (χ1n) is 3.46. The van der Waals surface area contributed by atoms with E-state index in [1.165, 1.54) is 9.75 Å². The smallest absolute Gasteiger partial charge is 0.0897 e. The van der Waals surface area contributed by atoms with Crippen LogP contribution >= 0.6 is 27.3 Å². The number of alkyl halides is 1. The van der Waals surface area contributed by atoms with Gasteiger partial charge in [0.05, 0.1) is 6.10 Å². The molecule has 0 aliphatic rings. The molecule has 1 aromatic rings. The number of halogens is 1. The van der Waals surface area contributed by atoms with Gasteiger partial charge in [0.1, 0.15) is 0 Å². The Morgan fingerprint density at radius 2 is 2.27 bits per heavy atom. The first kappa shape index (κ1) is 9.23. The van der Waals surface area contributed by atoms with Crippen LogP contribution in [0.1, 0.15) is 21.4 Å². The summed E-state index contributed by atoms with van der Waals surface area (Å²) in [5, 5.41) is 10.1. The van der Waals surface area contributed by atoms with Crippen LogP contribution in [-0.4, -0.2) is 10.4 Å². The minimum atomic E-state index is -0.347. The van der Waals surface area contributed by atoms with Gasteiger partial charge in [-0.15, -0.1) is 11.3 Å². The monoisotopic (exact) mass is 234 g/mol. The van der Waals surface area contributed by atoms with Crippen molar-refractivity contribution < 1.29 is 5.11 Å². The van der Waals surface area contributed by atoms with E-state index in [-0.39, 0.29) is 6.10 Å². The molecule has 0 aromatic carbocycles. The normalized spacial score (nSPS) is 13.5. The highest BCUT2D eigenvalue weighted by molar-refractivity contribution is 9.09. The number of aliphatic hydroxyl groups is 1. The van der Waals surface area contributed by atoms with Crippen molar-refractivity contribution in [2.45, 2.75) is 20.0 Å². The number of thiophene rings is 1. The fourth-order valence-corrected chi connectivity index (χ4v) is 2.39. The molecule has 1 aromatic heterocycles. The Morgan fingerprint density at radius 3 is 2.64 bits per heavy atom. The van der Waals surface area contributed by atoms with E-state index in [2.05, 4.69) is 22.9 Å². The minimum absolute atomic E-state index is 0.347. The summed E-state index contributed by atoms with van der Waals surface area (Å²) in [5.74, 6) is 0. The van der Waals surface area contributed by atoms with Crippen molar-refractivity contribution in [3.05, 3.63) is 21.4 Å². The molecule has 1 unspecified atom stereocenters. The molecular weight excluding hydrogens is 224 g/mol. The van der Waals surface area contributed by atoms with E-state index in [9.17, 15) is 5.11 Å². The number of aryl methyl sites for hydroxylation is 2. The summed E-state index contributed by atoms with van der Waals surface area (Å²) < 4.78 is 0. The molecule has 0 saturated heterocycles. The lowest BCUT2D eigenvalue weighted by Gasteiger charge is -2.04. The third-order valence-electron chi connectivity index (χ3n) is 1.58. The Morgan fingerprint density at radius 1 is 1.64 bits per heavy atom. The van der Waals surface area contributed by atoms with Gasteiger partial charge in [-0.2, -0.15) is 0 Å². The number of rotatable bonds is 2. The average molecular weight is 235 g/mol. The first-order valence-corrected chi connectivity index (χ1v) is 5.40. The van der Waals surface area contributed by atoms with E-state index in [1.807, 2.05) is 13.0 Å². The second-order valence-corrected chi connectivity index (χ2v) is 4.65. The number of hydrogen-bond acceptors (Lipinski definition) is 2. The Bertz CT molecular complexity index is 244.